The number of benzene rings is 2. The largest absolute Gasteiger partial charge is 0.457 e. The van der Waals surface area contributed by atoms with E-state index >= 15 is 0 Å². The Bertz CT molecular complexity index is 1380. The summed E-state index contributed by atoms with van der Waals surface area (Å²) >= 11 is 0. The van der Waals surface area contributed by atoms with Crippen molar-refractivity contribution in [2.24, 2.45) is 0 Å². The molecule has 31 heavy (non-hydrogen) atoms. The molecule has 5 rings (SSSR count). The highest BCUT2D eigenvalue weighted by Crippen LogP contribution is 2.33. The fourth-order valence-electron chi connectivity index (χ4n) is 3.47. The molecule has 5 aromatic rings. The van der Waals surface area contributed by atoms with Gasteiger partial charge in [0.1, 0.15) is 29.7 Å². The summed E-state index contributed by atoms with van der Waals surface area (Å²) in [6.45, 7) is -0.0839. The quantitative estimate of drug-likeness (QED) is 0.450. The molecule has 2 aromatic carbocycles. The summed E-state index contributed by atoms with van der Waals surface area (Å²) in [5.41, 5.74) is 8.50. The molecule has 0 aliphatic carbocycles. The Hall–Kier alpha value is -4.04. The average molecular weight is 415 g/mol. The van der Waals surface area contributed by atoms with Gasteiger partial charge in [0.05, 0.1) is 11.9 Å². The van der Waals surface area contributed by atoms with E-state index in [1.807, 2.05) is 30.3 Å². The van der Waals surface area contributed by atoms with Gasteiger partial charge in [-0.1, -0.05) is 48.5 Å². The van der Waals surface area contributed by atoms with Gasteiger partial charge in [-0.15, -0.1) is 0 Å². The highest BCUT2D eigenvalue weighted by atomic mass is 19.1. The highest BCUT2D eigenvalue weighted by Gasteiger charge is 2.22. The first kappa shape index (κ1) is 19.0. The minimum absolute atomic E-state index is 0.154. The summed E-state index contributed by atoms with van der Waals surface area (Å²) in [6, 6.07) is 19.3. The number of aliphatic hydroxyl groups is 1. The third-order valence-electron chi connectivity index (χ3n) is 4.98. The van der Waals surface area contributed by atoms with E-state index in [0.717, 1.165) is 5.56 Å². The van der Waals surface area contributed by atoms with Crippen molar-refractivity contribution in [1.82, 2.24) is 19.7 Å². The lowest BCUT2D eigenvalue weighted by Crippen LogP contribution is -2.06. The zero-order valence-corrected chi connectivity index (χ0v) is 16.4. The number of aromatic nitrogens is 4. The average Bonchev–Trinajstić information content (AvgIpc) is 3.41. The SMILES string of the molecule is Nc1nc(-c2ccccc2)nc2c1c(-c1ccc(CO)o1)nn2Cc1ccccc1F. The maximum atomic E-state index is 14.3. The van der Waals surface area contributed by atoms with E-state index in [2.05, 4.69) is 10.1 Å². The van der Waals surface area contributed by atoms with Crippen LogP contribution in [0.3, 0.4) is 0 Å². The van der Waals surface area contributed by atoms with Gasteiger partial charge in [0.2, 0.25) is 0 Å². The lowest BCUT2D eigenvalue weighted by molar-refractivity contribution is 0.248. The van der Waals surface area contributed by atoms with Crippen LogP contribution in [0.1, 0.15) is 11.3 Å². The summed E-state index contributed by atoms with van der Waals surface area (Å²) < 4.78 is 21.6. The predicted molar refractivity (Wildman–Crippen MR) is 114 cm³/mol. The van der Waals surface area contributed by atoms with Crippen molar-refractivity contribution < 1.29 is 13.9 Å². The molecule has 3 N–H and O–H groups in total. The van der Waals surface area contributed by atoms with Crippen LogP contribution < -0.4 is 5.73 Å². The Morgan fingerprint density at radius 1 is 0.968 bits per heavy atom. The van der Waals surface area contributed by atoms with E-state index in [0.29, 0.717) is 39.6 Å². The van der Waals surface area contributed by atoms with Crippen molar-refractivity contribution in [3.63, 3.8) is 0 Å². The minimum atomic E-state index is -0.335. The Morgan fingerprint density at radius 3 is 2.48 bits per heavy atom. The van der Waals surface area contributed by atoms with E-state index in [1.54, 1.807) is 35.0 Å². The molecule has 3 aromatic heterocycles. The monoisotopic (exact) mass is 415 g/mol. The first-order chi connectivity index (χ1) is 15.1. The Kier molecular flexibility index (Phi) is 4.68. The van der Waals surface area contributed by atoms with Crippen molar-refractivity contribution in [2.75, 3.05) is 5.73 Å². The Labute approximate surface area is 176 Å². The molecule has 3 heterocycles. The summed E-state index contributed by atoms with van der Waals surface area (Å²) in [5.74, 6) is 1.16. The van der Waals surface area contributed by atoms with Crippen LogP contribution in [0.15, 0.2) is 71.1 Å². The molecule has 0 saturated carbocycles. The van der Waals surface area contributed by atoms with Gasteiger partial charge >= 0.3 is 0 Å². The van der Waals surface area contributed by atoms with E-state index in [1.165, 1.54) is 6.07 Å². The minimum Gasteiger partial charge on any atom is -0.457 e. The van der Waals surface area contributed by atoms with Crippen molar-refractivity contribution >= 4 is 16.9 Å². The number of nitrogens with two attached hydrogens (primary N) is 1. The summed E-state index contributed by atoms with van der Waals surface area (Å²) in [4.78, 5) is 9.17. The summed E-state index contributed by atoms with van der Waals surface area (Å²) in [5, 5.41) is 14.5. The van der Waals surface area contributed by atoms with Crippen LogP contribution in [0.5, 0.6) is 0 Å². The number of rotatable bonds is 5. The summed E-state index contributed by atoms with van der Waals surface area (Å²) in [6.07, 6.45) is 0. The molecule has 0 aliphatic heterocycles. The van der Waals surface area contributed by atoms with Gasteiger partial charge in [-0.2, -0.15) is 5.10 Å². The maximum absolute atomic E-state index is 14.3. The third kappa shape index (κ3) is 3.43. The molecular weight excluding hydrogens is 397 g/mol. The number of hydrogen-bond donors (Lipinski definition) is 2. The highest BCUT2D eigenvalue weighted by molar-refractivity contribution is 5.98. The number of aliphatic hydroxyl groups excluding tert-OH is 1. The van der Waals surface area contributed by atoms with Gasteiger partial charge in [0.15, 0.2) is 17.2 Å². The van der Waals surface area contributed by atoms with Gasteiger partial charge in [-0.25, -0.2) is 19.0 Å². The van der Waals surface area contributed by atoms with Gasteiger partial charge in [-0.05, 0) is 18.2 Å². The zero-order chi connectivity index (χ0) is 21.4. The predicted octanol–water partition coefficient (Wildman–Crippen LogP) is 4.02. The van der Waals surface area contributed by atoms with Crippen LogP contribution in [-0.2, 0) is 13.2 Å². The van der Waals surface area contributed by atoms with Crippen LogP contribution in [0, 0.1) is 5.82 Å². The molecule has 0 unspecified atom stereocenters. The van der Waals surface area contributed by atoms with E-state index in [-0.39, 0.29) is 24.8 Å². The molecule has 154 valence electrons. The van der Waals surface area contributed by atoms with Crippen molar-refractivity contribution in [3.05, 3.63) is 83.9 Å². The number of nitrogens with zero attached hydrogens (tertiary/aromatic N) is 4. The zero-order valence-electron chi connectivity index (χ0n) is 16.4. The van der Waals surface area contributed by atoms with Gasteiger partial charge < -0.3 is 15.3 Å². The first-order valence-electron chi connectivity index (χ1n) is 9.67. The molecule has 0 fully saturated rings. The number of fused-ring (bicyclic) bond motifs is 1. The molecule has 0 spiro atoms. The van der Waals surface area contributed by atoms with Crippen LogP contribution in [0.4, 0.5) is 10.2 Å². The van der Waals surface area contributed by atoms with E-state index in [4.69, 9.17) is 15.1 Å². The van der Waals surface area contributed by atoms with Crippen LogP contribution >= 0.6 is 0 Å². The van der Waals surface area contributed by atoms with Gasteiger partial charge in [0.25, 0.3) is 0 Å². The maximum Gasteiger partial charge on any atom is 0.165 e. The number of halogens is 1. The smallest absolute Gasteiger partial charge is 0.165 e. The molecule has 0 aliphatic rings. The molecule has 0 radical (unpaired) electrons. The number of hydrogen-bond acceptors (Lipinski definition) is 6. The third-order valence-corrected chi connectivity index (χ3v) is 4.98. The molecule has 7 nitrogen and oxygen atoms in total. The molecule has 0 saturated heterocycles. The second-order valence-corrected chi connectivity index (χ2v) is 7.02. The molecule has 0 amide bonds. The lowest BCUT2D eigenvalue weighted by Gasteiger charge is -2.07. The second-order valence-electron chi connectivity index (χ2n) is 7.02. The summed E-state index contributed by atoms with van der Waals surface area (Å²) in [7, 11) is 0. The lowest BCUT2D eigenvalue weighted by atomic mass is 10.2. The first-order valence-corrected chi connectivity index (χ1v) is 9.67. The van der Waals surface area contributed by atoms with Crippen LogP contribution in [0.25, 0.3) is 33.9 Å². The fourth-order valence-corrected chi connectivity index (χ4v) is 3.47. The van der Waals surface area contributed by atoms with Crippen LogP contribution in [-0.4, -0.2) is 24.9 Å². The van der Waals surface area contributed by atoms with Crippen molar-refractivity contribution in [1.29, 1.82) is 0 Å². The number of nitrogen functional groups attached to an aromatic ring is 1. The molecule has 0 atom stereocenters. The Balaban J connectivity index is 1.73. The fraction of sp³-hybridized carbons (Fsp3) is 0.0870. The Morgan fingerprint density at radius 2 is 1.74 bits per heavy atom. The van der Waals surface area contributed by atoms with Gasteiger partial charge in [0, 0.05) is 11.1 Å². The van der Waals surface area contributed by atoms with Crippen LogP contribution in [0.2, 0.25) is 0 Å². The topological polar surface area (TPSA) is 103 Å². The molecular formula is C23H18FN5O2. The molecule has 0 bridgehead atoms. The number of anilines is 1. The van der Waals surface area contributed by atoms with Crippen molar-refractivity contribution in [2.45, 2.75) is 13.2 Å². The number of furan rings is 1. The standard InChI is InChI=1S/C23H18FN5O2/c24-17-9-5-4-8-15(17)12-29-23-19(20(28-29)18-11-10-16(13-30)31-18)21(25)26-22(27-23)14-6-2-1-3-7-14/h1-11,30H,12-13H2,(H2,25,26,27). The van der Waals surface area contributed by atoms with E-state index < -0.39 is 0 Å². The normalized spacial score (nSPS) is 11.3. The second kappa shape index (κ2) is 7.66. The molecule has 8 heteroatoms. The van der Waals surface area contributed by atoms with E-state index in [9.17, 15) is 9.50 Å². The van der Waals surface area contributed by atoms with Crippen molar-refractivity contribution in [3.8, 4) is 22.8 Å². The van der Waals surface area contributed by atoms with Gasteiger partial charge in [-0.3, -0.25) is 0 Å².